The molecule has 2 aromatic carbocycles. The number of thiophene rings is 2. The zero-order chi connectivity index (χ0) is 30.8. The van der Waals surface area contributed by atoms with Crippen LogP contribution in [-0.4, -0.2) is 20.7 Å². The van der Waals surface area contributed by atoms with Gasteiger partial charge in [0, 0.05) is 38.1 Å². The second-order valence-electron chi connectivity index (χ2n) is 13.8. The molecule has 0 aliphatic heterocycles. The Morgan fingerprint density at radius 1 is 0.674 bits per heavy atom. The molecule has 0 saturated heterocycles. The first kappa shape index (κ1) is 31.6. The van der Waals surface area contributed by atoms with Crippen LogP contribution in [0.25, 0.3) is 42.7 Å². The molecule has 0 aliphatic rings. The zero-order valence-electron chi connectivity index (χ0n) is 27.2. The number of hydrogen-bond donors (Lipinski definition) is 0. The van der Waals surface area contributed by atoms with Crippen LogP contribution in [-0.2, 0) is 6.54 Å². The number of hydrogen-bond acceptors (Lipinski definition) is 2. The van der Waals surface area contributed by atoms with Crippen molar-refractivity contribution in [2.24, 2.45) is 5.92 Å². The predicted molar refractivity (Wildman–Crippen MR) is 200 cm³/mol. The quantitative estimate of drug-likeness (QED) is 0.118. The Labute approximate surface area is 269 Å². The highest BCUT2D eigenvalue weighted by molar-refractivity contribution is 7.16. The molecule has 0 bridgehead atoms. The summed E-state index contributed by atoms with van der Waals surface area (Å²) in [6.45, 7) is 19.5. The molecule has 222 valence electrons. The maximum Gasteiger partial charge on any atom is 0.129 e. The first-order chi connectivity index (χ1) is 20.4. The Balaban J connectivity index is 1.61. The van der Waals surface area contributed by atoms with Gasteiger partial charge in [-0.1, -0.05) is 96.4 Å². The van der Waals surface area contributed by atoms with E-state index in [0.29, 0.717) is 5.92 Å². The molecule has 0 spiro atoms. The lowest BCUT2D eigenvalue weighted by atomic mass is 9.99. The molecule has 0 aliphatic carbocycles. The van der Waals surface area contributed by atoms with E-state index in [4.69, 9.17) is 0 Å². The first-order valence-electron chi connectivity index (χ1n) is 15.8. The van der Waals surface area contributed by atoms with E-state index < -0.39 is 16.1 Å². The highest BCUT2D eigenvalue weighted by atomic mass is 32.1. The number of unbranched alkanes of at least 4 members (excludes halogenated alkanes) is 1. The summed E-state index contributed by atoms with van der Waals surface area (Å²) in [5.74, 6) is 7.60. The molecule has 0 saturated carbocycles. The van der Waals surface area contributed by atoms with Gasteiger partial charge < -0.3 is 4.57 Å². The Morgan fingerprint density at radius 2 is 1.16 bits per heavy atom. The van der Waals surface area contributed by atoms with Gasteiger partial charge in [0.05, 0.1) is 9.75 Å². The minimum atomic E-state index is -1.41. The molecule has 43 heavy (non-hydrogen) atoms. The summed E-state index contributed by atoms with van der Waals surface area (Å²) in [7, 11) is -2.81. The van der Waals surface area contributed by atoms with Gasteiger partial charge in [0.1, 0.15) is 16.1 Å². The van der Waals surface area contributed by atoms with Gasteiger partial charge in [0.15, 0.2) is 0 Å². The monoisotopic (exact) mass is 635 g/mol. The topological polar surface area (TPSA) is 4.93 Å². The van der Waals surface area contributed by atoms with Crippen molar-refractivity contribution in [1.29, 1.82) is 0 Å². The van der Waals surface area contributed by atoms with E-state index in [1.165, 1.54) is 68.4 Å². The lowest BCUT2D eigenvalue weighted by Crippen LogP contribution is -2.16. The average molecular weight is 636 g/mol. The molecule has 3 aromatic heterocycles. The lowest BCUT2D eigenvalue weighted by molar-refractivity contribution is 0.401. The summed E-state index contributed by atoms with van der Waals surface area (Å²) in [5.41, 5.74) is 12.3. The minimum absolute atomic E-state index is 0.688. The summed E-state index contributed by atoms with van der Waals surface area (Å²) in [6, 6.07) is 23.1. The van der Waals surface area contributed by atoms with E-state index in [2.05, 4.69) is 141 Å². The third-order valence-electron chi connectivity index (χ3n) is 7.75. The van der Waals surface area contributed by atoms with Crippen molar-refractivity contribution in [2.45, 2.75) is 85.4 Å². The Morgan fingerprint density at radius 3 is 1.58 bits per heavy atom. The van der Waals surface area contributed by atoms with Gasteiger partial charge in [0.25, 0.3) is 0 Å². The fourth-order valence-electron chi connectivity index (χ4n) is 5.40. The number of benzene rings is 2. The van der Waals surface area contributed by atoms with Crippen LogP contribution >= 0.6 is 22.7 Å². The summed E-state index contributed by atoms with van der Waals surface area (Å²) < 4.78 is 2.60. The maximum atomic E-state index is 3.53. The molecule has 5 rings (SSSR count). The van der Waals surface area contributed by atoms with E-state index in [9.17, 15) is 0 Å². The smallest absolute Gasteiger partial charge is 0.129 e. The molecule has 0 radical (unpaired) electrons. The highest BCUT2D eigenvalue weighted by Crippen LogP contribution is 2.38. The molecule has 0 N–H and O–H groups in total. The molecule has 5 heteroatoms. The predicted octanol–water partition coefficient (Wildman–Crippen LogP) is 11.9. The van der Waals surface area contributed by atoms with E-state index in [1.807, 2.05) is 22.7 Å². The van der Waals surface area contributed by atoms with Gasteiger partial charge in [-0.3, -0.25) is 0 Å². The highest BCUT2D eigenvalue weighted by Gasteiger charge is 2.17. The van der Waals surface area contributed by atoms with Crippen LogP contribution in [0.3, 0.4) is 0 Å². The van der Waals surface area contributed by atoms with Gasteiger partial charge >= 0.3 is 0 Å². The Bertz CT molecular complexity index is 1740. The lowest BCUT2D eigenvalue weighted by Gasteiger charge is -2.17. The van der Waals surface area contributed by atoms with Gasteiger partial charge in [-0.2, -0.15) is 0 Å². The molecule has 5 aromatic rings. The van der Waals surface area contributed by atoms with Crippen molar-refractivity contribution in [2.75, 3.05) is 0 Å². The number of nitrogens with zero attached hydrogens (tertiary/aromatic N) is 1. The van der Waals surface area contributed by atoms with Crippen molar-refractivity contribution < 1.29 is 0 Å². The molecule has 1 atom stereocenters. The van der Waals surface area contributed by atoms with Gasteiger partial charge in [-0.05, 0) is 72.0 Å². The largest absolute Gasteiger partial charge is 0.340 e. The number of fused-ring (bicyclic) bond motifs is 3. The second-order valence-corrected chi connectivity index (χ2v) is 25.5. The molecule has 0 fully saturated rings. The fraction of sp³-hybridized carbons (Fsp3) is 0.368. The van der Waals surface area contributed by atoms with Crippen LogP contribution in [0.15, 0.2) is 60.7 Å². The van der Waals surface area contributed by atoms with Crippen molar-refractivity contribution in [3.05, 3.63) is 70.4 Å². The average Bonchev–Trinajstić information content (AvgIpc) is 3.70. The molecule has 1 nitrogen and oxygen atoms in total. The standard InChI is InChI=1S/C38H45NS2Si2/c1-9-11-12-28(10-2)27-39-35-17-13-29(37-19-15-31(40-37)21-23-42(3,4)5)25-33(35)34-26-30(14-18-36(34)39)38-20-16-32(41-38)22-24-43(6,7)8/h13-20,25-26,28H,9-12,27H2,1-8H3. The van der Waals surface area contributed by atoms with E-state index in [0.717, 1.165) is 16.3 Å². The third-order valence-corrected chi connectivity index (χ3v) is 11.6. The summed E-state index contributed by atoms with van der Waals surface area (Å²) in [6.07, 6.45) is 5.06. The SMILES string of the molecule is CCCCC(CC)Cn1c2ccc(-c3ccc(C#C[Si](C)(C)C)s3)cc2c2cc(-c3ccc(C#C[Si](C)(C)C)s3)ccc21. The van der Waals surface area contributed by atoms with Gasteiger partial charge in [-0.15, -0.1) is 33.8 Å². The van der Waals surface area contributed by atoms with Crippen LogP contribution in [0, 0.1) is 28.8 Å². The van der Waals surface area contributed by atoms with Crippen molar-refractivity contribution in [3.8, 4) is 43.8 Å². The third kappa shape index (κ3) is 7.83. The van der Waals surface area contributed by atoms with Crippen LogP contribution in [0.4, 0.5) is 0 Å². The summed E-state index contributed by atoms with van der Waals surface area (Å²) in [4.78, 5) is 4.90. The maximum absolute atomic E-state index is 3.53. The van der Waals surface area contributed by atoms with E-state index in [-0.39, 0.29) is 0 Å². The number of rotatable bonds is 8. The van der Waals surface area contributed by atoms with Crippen LogP contribution < -0.4 is 0 Å². The fourth-order valence-corrected chi connectivity index (χ4v) is 8.31. The molecule has 3 heterocycles. The van der Waals surface area contributed by atoms with E-state index in [1.54, 1.807) is 0 Å². The first-order valence-corrected chi connectivity index (χ1v) is 24.4. The van der Waals surface area contributed by atoms with Crippen LogP contribution in [0.1, 0.15) is 49.3 Å². The normalized spacial score (nSPS) is 12.7. The van der Waals surface area contributed by atoms with Crippen LogP contribution in [0.2, 0.25) is 39.3 Å². The van der Waals surface area contributed by atoms with E-state index >= 15 is 0 Å². The summed E-state index contributed by atoms with van der Waals surface area (Å²) in [5, 5.41) is 2.69. The second kappa shape index (κ2) is 13.0. The molecular formula is C38H45NS2Si2. The van der Waals surface area contributed by atoms with Gasteiger partial charge in [0.2, 0.25) is 0 Å². The zero-order valence-corrected chi connectivity index (χ0v) is 30.8. The van der Waals surface area contributed by atoms with Crippen molar-refractivity contribution in [1.82, 2.24) is 4.57 Å². The Hall–Kier alpha value is -2.81. The Kier molecular flexibility index (Phi) is 9.59. The van der Waals surface area contributed by atoms with Crippen molar-refractivity contribution >= 4 is 60.6 Å². The van der Waals surface area contributed by atoms with Crippen LogP contribution in [0.5, 0.6) is 0 Å². The molecular weight excluding hydrogens is 591 g/mol. The summed E-state index contributed by atoms with van der Waals surface area (Å²) >= 11 is 3.63. The van der Waals surface area contributed by atoms with Crippen molar-refractivity contribution in [3.63, 3.8) is 0 Å². The molecule has 0 amide bonds. The minimum Gasteiger partial charge on any atom is -0.340 e. The van der Waals surface area contributed by atoms with Gasteiger partial charge in [-0.25, -0.2) is 0 Å². The molecule has 1 unspecified atom stereocenters. The number of aromatic nitrogens is 1.